The number of aliphatic hydroxyl groups excluding tert-OH is 2. The molecule has 9 heteroatoms. The van der Waals surface area contributed by atoms with Gasteiger partial charge in [-0.1, -0.05) is 6.42 Å². The van der Waals surface area contributed by atoms with Crippen LogP contribution in [-0.4, -0.2) is 59.3 Å². The minimum absolute atomic E-state index is 0.0222. The number of carboxylic acids is 1. The van der Waals surface area contributed by atoms with E-state index in [1.54, 1.807) is 4.57 Å². The maximum absolute atomic E-state index is 15.6. The Morgan fingerprint density at radius 1 is 1.22 bits per heavy atom. The number of aromatic nitrogens is 1. The molecular weight excluding hydrogens is 419 g/mol. The molecule has 1 aromatic carbocycles. The lowest BCUT2D eigenvalue weighted by atomic mass is 9.69. The number of halogens is 1. The molecule has 0 spiro atoms. The van der Waals surface area contributed by atoms with E-state index in [0.717, 1.165) is 38.2 Å². The largest absolute Gasteiger partial charge is 0.492 e. The molecule has 32 heavy (non-hydrogen) atoms. The van der Waals surface area contributed by atoms with E-state index in [-0.39, 0.29) is 36.1 Å². The molecule has 8 nitrogen and oxygen atoms in total. The third-order valence-corrected chi connectivity index (χ3v) is 7.92. The number of methoxy groups -OCH3 is 1. The number of aliphatic hydroxyl groups is 2. The van der Waals surface area contributed by atoms with Crippen molar-refractivity contribution in [1.29, 1.82) is 0 Å². The SMILES string of the molecule is COc1c(N2C[C@]3(CO)CCC[C@]3(CO)C2)c(F)cc2c(=O)c(C(=O)O)cn(C3CC3)c12. The minimum atomic E-state index is -1.35. The van der Waals surface area contributed by atoms with Crippen molar-refractivity contribution >= 4 is 22.6 Å². The average Bonchev–Trinajstić information content (AvgIpc) is 3.47. The molecule has 1 aliphatic heterocycles. The van der Waals surface area contributed by atoms with Gasteiger partial charge in [-0.2, -0.15) is 0 Å². The first-order valence-corrected chi connectivity index (χ1v) is 11.0. The van der Waals surface area contributed by atoms with Crippen molar-refractivity contribution in [3.05, 3.63) is 33.9 Å². The molecule has 1 saturated heterocycles. The van der Waals surface area contributed by atoms with Crippen LogP contribution in [0.2, 0.25) is 0 Å². The number of anilines is 1. The Morgan fingerprint density at radius 3 is 2.34 bits per heavy atom. The van der Waals surface area contributed by atoms with Crippen molar-refractivity contribution in [1.82, 2.24) is 4.57 Å². The zero-order valence-corrected chi connectivity index (χ0v) is 17.9. The Morgan fingerprint density at radius 2 is 1.84 bits per heavy atom. The van der Waals surface area contributed by atoms with Gasteiger partial charge in [-0.05, 0) is 31.7 Å². The lowest BCUT2D eigenvalue weighted by Crippen LogP contribution is -2.41. The molecule has 5 rings (SSSR count). The molecule has 2 saturated carbocycles. The Hall–Kier alpha value is -2.65. The lowest BCUT2D eigenvalue weighted by Gasteiger charge is -2.36. The van der Waals surface area contributed by atoms with Gasteiger partial charge in [0.1, 0.15) is 11.3 Å². The number of carbonyl (C=O) groups is 1. The first-order valence-electron chi connectivity index (χ1n) is 11.0. The van der Waals surface area contributed by atoms with Gasteiger partial charge >= 0.3 is 5.97 Å². The number of fused-ring (bicyclic) bond motifs is 2. The Bertz CT molecular complexity index is 1160. The van der Waals surface area contributed by atoms with Crippen LogP contribution in [0.5, 0.6) is 5.75 Å². The smallest absolute Gasteiger partial charge is 0.341 e. The third-order valence-electron chi connectivity index (χ3n) is 7.92. The second-order valence-electron chi connectivity index (χ2n) is 9.54. The van der Waals surface area contributed by atoms with Gasteiger partial charge in [0, 0.05) is 36.2 Å². The molecule has 2 heterocycles. The Balaban J connectivity index is 1.75. The first kappa shape index (κ1) is 21.2. The number of nitrogens with zero attached hydrogens (tertiary/aromatic N) is 2. The summed E-state index contributed by atoms with van der Waals surface area (Å²) in [6.45, 7) is 0.528. The van der Waals surface area contributed by atoms with Gasteiger partial charge in [-0.15, -0.1) is 0 Å². The molecule has 3 aliphatic rings. The van der Waals surface area contributed by atoms with Gasteiger partial charge in [0.15, 0.2) is 11.6 Å². The fourth-order valence-electron chi connectivity index (χ4n) is 6.05. The van der Waals surface area contributed by atoms with E-state index in [9.17, 15) is 24.9 Å². The summed E-state index contributed by atoms with van der Waals surface area (Å²) in [6, 6.07) is 1.13. The fraction of sp³-hybridized carbons (Fsp3) is 0.565. The van der Waals surface area contributed by atoms with Gasteiger partial charge < -0.3 is 29.5 Å². The highest BCUT2D eigenvalue weighted by atomic mass is 19.1. The van der Waals surface area contributed by atoms with Crippen molar-refractivity contribution in [2.24, 2.45) is 10.8 Å². The molecule has 2 aromatic rings. The molecule has 0 radical (unpaired) electrons. The summed E-state index contributed by atoms with van der Waals surface area (Å²) < 4.78 is 23.0. The van der Waals surface area contributed by atoms with Crippen LogP contribution in [0.1, 0.15) is 48.5 Å². The number of hydrogen-bond acceptors (Lipinski definition) is 6. The monoisotopic (exact) mass is 446 g/mol. The Kier molecular flexibility index (Phi) is 4.76. The summed E-state index contributed by atoms with van der Waals surface area (Å²) in [5.74, 6) is -1.85. The summed E-state index contributed by atoms with van der Waals surface area (Å²) in [5, 5.41) is 29.9. The van der Waals surface area contributed by atoms with E-state index in [2.05, 4.69) is 0 Å². The van der Waals surface area contributed by atoms with Crippen LogP contribution in [0.15, 0.2) is 17.1 Å². The van der Waals surface area contributed by atoms with Crippen LogP contribution < -0.4 is 15.1 Å². The first-order chi connectivity index (χ1) is 15.3. The molecule has 172 valence electrons. The van der Waals surface area contributed by atoms with Crippen LogP contribution in [0.25, 0.3) is 10.9 Å². The number of benzene rings is 1. The average molecular weight is 446 g/mol. The zero-order valence-electron chi connectivity index (χ0n) is 17.9. The number of aromatic carboxylic acids is 1. The number of rotatable bonds is 6. The van der Waals surface area contributed by atoms with Crippen LogP contribution >= 0.6 is 0 Å². The zero-order chi connectivity index (χ0) is 22.8. The lowest BCUT2D eigenvalue weighted by molar-refractivity contribution is 0.00976. The second-order valence-corrected chi connectivity index (χ2v) is 9.54. The van der Waals surface area contributed by atoms with Crippen LogP contribution in [0.3, 0.4) is 0 Å². The maximum Gasteiger partial charge on any atom is 0.341 e. The van der Waals surface area contributed by atoms with Gasteiger partial charge in [0.2, 0.25) is 5.43 Å². The fourth-order valence-corrected chi connectivity index (χ4v) is 6.05. The van der Waals surface area contributed by atoms with Gasteiger partial charge in [0.05, 0.1) is 31.2 Å². The number of pyridine rings is 1. The minimum Gasteiger partial charge on any atom is -0.492 e. The normalized spacial score (nSPS) is 27.2. The summed E-state index contributed by atoms with van der Waals surface area (Å²) in [5.41, 5.74) is -1.63. The van der Waals surface area contributed by atoms with Crippen molar-refractivity contribution in [3.63, 3.8) is 0 Å². The second kappa shape index (κ2) is 7.18. The van der Waals surface area contributed by atoms with Crippen molar-refractivity contribution in [2.45, 2.75) is 38.1 Å². The maximum atomic E-state index is 15.6. The van der Waals surface area contributed by atoms with E-state index in [4.69, 9.17) is 4.74 Å². The summed E-state index contributed by atoms with van der Waals surface area (Å²) in [6.07, 6.45) is 5.37. The van der Waals surface area contributed by atoms with Crippen LogP contribution in [0.4, 0.5) is 10.1 Å². The van der Waals surface area contributed by atoms with Crippen molar-refractivity contribution < 1.29 is 29.2 Å². The van der Waals surface area contributed by atoms with E-state index < -0.39 is 33.6 Å². The molecule has 2 atom stereocenters. The van der Waals surface area contributed by atoms with Gasteiger partial charge in [-0.25, -0.2) is 9.18 Å². The van der Waals surface area contributed by atoms with Crippen molar-refractivity contribution in [2.75, 3.05) is 38.3 Å². The molecule has 0 amide bonds. The molecule has 0 bridgehead atoms. The Labute approximate surface area is 183 Å². The molecule has 2 aliphatic carbocycles. The van der Waals surface area contributed by atoms with Crippen LogP contribution in [-0.2, 0) is 0 Å². The number of ether oxygens (including phenoxy) is 1. The highest BCUT2D eigenvalue weighted by Crippen LogP contribution is 2.59. The predicted molar refractivity (Wildman–Crippen MR) is 115 cm³/mol. The molecular formula is C23H27FN2O6. The third kappa shape index (κ3) is 2.73. The molecule has 3 N–H and O–H groups in total. The highest BCUT2D eigenvalue weighted by Gasteiger charge is 2.60. The quantitative estimate of drug-likeness (QED) is 0.623. The van der Waals surface area contributed by atoms with Gasteiger partial charge in [-0.3, -0.25) is 4.79 Å². The molecule has 0 unspecified atom stereocenters. The van der Waals surface area contributed by atoms with Crippen LogP contribution in [0, 0.1) is 16.6 Å². The molecule has 3 fully saturated rings. The topological polar surface area (TPSA) is 112 Å². The number of hydrogen-bond donors (Lipinski definition) is 3. The van der Waals surface area contributed by atoms with Gasteiger partial charge in [0.25, 0.3) is 0 Å². The van der Waals surface area contributed by atoms with E-state index >= 15 is 4.39 Å². The highest BCUT2D eigenvalue weighted by molar-refractivity contribution is 5.97. The van der Waals surface area contributed by atoms with E-state index in [1.807, 2.05) is 4.90 Å². The summed E-state index contributed by atoms with van der Waals surface area (Å²) >= 11 is 0. The standard InChI is InChI=1S/C23H27FN2O6/c1-32-20-17-14(19(29)15(21(30)31)8-26(17)13-3-4-13)7-16(24)18(20)25-9-22(11-27)5-2-6-23(22,10-25)12-28/h7-8,13,27-28H,2-6,9-12H2,1H3,(H,30,31)/t22-,23+. The predicted octanol–water partition coefficient (Wildman–Crippen LogP) is 2.14. The van der Waals surface area contributed by atoms with Crippen molar-refractivity contribution in [3.8, 4) is 5.75 Å². The molecule has 1 aromatic heterocycles. The van der Waals surface area contributed by atoms with E-state index in [1.165, 1.54) is 13.3 Å². The summed E-state index contributed by atoms with van der Waals surface area (Å²) in [7, 11) is 1.41. The summed E-state index contributed by atoms with van der Waals surface area (Å²) in [4.78, 5) is 26.3. The van der Waals surface area contributed by atoms with E-state index in [0.29, 0.717) is 18.6 Å². The number of carboxylic acid groups (broad SMARTS) is 1.